The molecule has 0 saturated carbocycles. The van der Waals surface area contributed by atoms with Crippen LogP contribution in [0.4, 0.5) is 26.3 Å². The van der Waals surface area contributed by atoms with Gasteiger partial charge in [-0.15, -0.1) is 0 Å². The molecule has 3 aromatic carbocycles. The van der Waals surface area contributed by atoms with Crippen molar-refractivity contribution < 1.29 is 26.3 Å². The molecule has 2 nitrogen and oxygen atoms in total. The van der Waals surface area contributed by atoms with Gasteiger partial charge < -0.3 is 0 Å². The average Bonchev–Trinajstić information content (AvgIpc) is 2.64. The van der Waals surface area contributed by atoms with Gasteiger partial charge >= 0.3 is 12.4 Å². The maximum Gasteiger partial charge on any atom is 0.416 e. The van der Waals surface area contributed by atoms with Gasteiger partial charge in [0, 0.05) is 5.56 Å². The molecule has 140 valence electrons. The molecule has 0 fully saturated rings. The highest BCUT2D eigenvalue weighted by atomic mass is 19.4. The summed E-state index contributed by atoms with van der Waals surface area (Å²) in [6.45, 7) is 0. The van der Waals surface area contributed by atoms with Crippen LogP contribution in [0.15, 0.2) is 48.5 Å². The molecule has 3 rings (SSSR count). The fourth-order valence-corrected chi connectivity index (χ4v) is 2.95. The van der Waals surface area contributed by atoms with E-state index in [0.717, 1.165) is 0 Å². The van der Waals surface area contributed by atoms with Gasteiger partial charge in [-0.2, -0.15) is 36.9 Å². The first-order valence-electron chi connectivity index (χ1n) is 7.72. The molecule has 8 heteroatoms. The molecule has 0 bridgehead atoms. The number of hydrogen-bond donors (Lipinski definition) is 0. The van der Waals surface area contributed by atoms with Crippen molar-refractivity contribution in [1.29, 1.82) is 10.5 Å². The third kappa shape index (κ3) is 3.37. The van der Waals surface area contributed by atoms with Crippen LogP contribution in [0, 0.1) is 22.7 Å². The van der Waals surface area contributed by atoms with Gasteiger partial charge in [-0.25, -0.2) is 0 Å². The second-order valence-electron chi connectivity index (χ2n) is 5.91. The topological polar surface area (TPSA) is 47.6 Å². The van der Waals surface area contributed by atoms with E-state index in [1.165, 1.54) is 18.2 Å². The van der Waals surface area contributed by atoms with Crippen molar-refractivity contribution in [2.45, 2.75) is 12.4 Å². The summed E-state index contributed by atoms with van der Waals surface area (Å²) in [6.07, 6.45) is -10.0. The monoisotopic (exact) mass is 390 g/mol. The summed E-state index contributed by atoms with van der Waals surface area (Å²) < 4.78 is 79.3. The van der Waals surface area contributed by atoms with E-state index in [9.17, 15) is 36.9 Å². The van der Waals surface area contributed by atoms with Crippen LogP contribution in [0.2, 0.25) is 0 Å². The standard InChI is InChI=1S/C20H8F6N2/c21-19(22,23)14-6-12(7-15(8-14)20(24,25)26)18-16-4-2-1-3-11(16)5-13(9-27)17(18)10-28/h1-8H. The van der Waals surface area contributed by atoms with Crippen molar-refractivity contribution in [3.63, 3.8) is 0 Å². The Morgan fingerprint density at radius 1 is 0.714 bits per heavy atom. The lowest BCUT2D eigenvalue weighted by Crippen LogP contribution is -2.11. The van der Waals surface area contributed by atoms with Gasteiger partial charge in [0.15, 0.2) is 0 Å². The summed E-state index contributed by atoms with van der Waals surface area (Å²) in [5.41, 5.74) is -3.99. The minimum atomic E-state index is -5.02. The smallest absolute Gasteiger partial charge is 0.192 e. The van der Waals surface area contributed by atoms with E-state index in [2.05, 4.69) is 0 Å². The van der Waals surface area contributed by atoms with E-state index in [-0.39, 0.29) is 28.1 Å². The molecule has 0 unspecified atom stereocenters. The zero-order valence-electron chi connectivity index (χ0n) is 13.8. The molecule has 0 aliphatic carbocycles. The Morgan fingerprint density at radius 2 is 1.29 bits per heavy atom. The number of rotatable bonds is 1. The van der Waals surface area contributed by atoms with Crippen LogP contribution in [0.3, 0.4) is 0 Å². The quantitative estimate of drug-likeness (QED) is 0.459. The first kappa shape index (κ1) is 19.2. The van der Waals surface area contributed by atoms with Crippen LogP contribution < -0.4 is 0 Å². The van der Waals surface area contributed by atoms with Gasteiger partial charge in [-0.05, 0) is 40.6 Å². The van der Waals surface area contributed by atoms with Crippen molar-refractivity contribution in [2.75, 3.05) is 0 Å². The van der Waals surface area contributed by atoms with Crippen LogP contribution in [-0.2, 0) is 12.4 Å². The molecular formula is C20H8F6N2. The fourth-order valence-electron chi connectivity index (χ4n) is 2.95. The number of nitrogens with zero attached hydrogens (tertiary/aromatic N) is 2. The first-order valence-corrected chi connectivity index (χ1v) is 7.72. The van der Waals surface area contributed by atoms with Crippen molar-refractivity contribution in [3.8, 4) is 23.3 Å². The van der Waals surface area contributed by atoms with Gasteiger partial charge in [-0.3, -0.25) is 0 Å². The van der Waals surface area contributed by atoms with E-state index < -0.39 is 29.0 Å². The minimum Gasteiger partial charge on any atom is -0.192 e. The summed E-state index contributed by atoms with van der Waals surface area (Å²) in [5, 5.41) is 19.4. The van der Waals surface area contributed by atoms with E-state index in [1.807, 2.05) is 0 Å². The van der Waals surface area contributed by atoms with E-state index in [0.29, 0.717) is 17.5 Å². The molecule has 0 radical (unpaired) electrons. The average molecular weight is 390 g/mol. The van der Waals surface area contributed by atoms with E-state index in [1.54, 1.807) is 24.3 Å². The fraction of sp³-hybridized carbons (Fsp3) is 0.100. The highest BCUT2D eigenvalue weighted by Crippen LogP contribution is 2.41. The van der Waals surface area contributed by atoms with Crippen molar-refractivity contribution in [2.24, 2.45) is 0 Å². The lowest BCUT2D eigenvalue weighted by Gasteiger charge is -2.16. The number of benzene rings is 3. The predicted molar refractivity (Wildman–Crippen MR) is 88.8 cm³/mol. The predicted octanol–water partition coefficient (Wildman–Crippen LogP) is 6.29. The lowest BCUT2D eigenvalue weighted by atomic mass is 9.89. The third-order valence-electron chi connectivity index (χ3n) is 4.16. The maximum absolute atomic E-state index is 13.2. The largest absolute Gasteiger partial charge is 0.416 e. The summed E-state index contributed by atoms with van der Waals surface area (Å²) in [4.78, 5) is 0. The summed E-state index contributed by atoms with van der Waals surface area (Å²) in [6, 6.07) is 12.2. The van der Waals surface area contributed by atoms with Gasteiger partial charge in [0.05, 0.1) is 22.3 Å². The molecule has 0 N–H and O–H groups in total. The van der Waals surface area contributed by atoms with Gasteiger partial charge in [0.2, 0.25) is 0 Å². The summed E-state index contributed by atoms with van der Waals surface area (Å²) in [7, 11) is 0. The number of fused-ring (bicyclic) bond motifs is 1. The van der Waals surface area contributed by atoms with E-state index in [4.69, 9.17) is 0 Å². The van der Waals surface area contributed by atoms with Crippen molar-refractivity contribution >= 4 is 10.8 Å². The Labute approximate surface area is 154 Å². The third-order valence-corrected chi connectivity index (χ3v) is 4.16. The summed E-state index contributed by atoms with van der Waals surface area (Å²) >= 11 is 0. The van der Waals surface area contributed by atoms with Crippen LogP contribution in [0.25, 0.3) is 21.9 Å². The Morgan fingerprint density at radius 3 is 1.79 bits per heavy atom. The molecule has 0 spiro atoms. The molecule has 0 amide bonds. The molecule has 0 atom stereocenters. The Hall–Kier alpha value is -3.52. The number of halogens is 6. The van der Waals surface area contributed by atoms with Crippen molar-refractivity contribution in [3.05, 3.63) is 70.8 Å². The van der Waals surface area contributed by atoms with Gasteiger partial charge in [0.25, 0.3) is 0 Å². The molecule has 3 aromatic rings. The Balaban J connectivity index is 2.49. The molecule has 28 heavy (non-hydrogen) atoms. The zero-order chi connectivity index (χ0) is 20.7. The molecular weight excluding hydrogens is 382 g/mol. The SMILES string of the molecule is N#Cc1cc2ccccc2c(-c2cc(C(F)(F)F)cc(C(F)(F)F)c2)c1C#N. The van der Waals surface area contributed by atoms with Crippen LogP contribution in [0.1, 0.15) is 22.3 Å². The van der Waals surface area contributed by atoms with Crippen LogP contribution in [0.5, 0.6) is 0 Å². The number of alkyl halides is 6. The highest BCUT2D eigenvalue weighted by Gasteiger charge is 2.37. The molecule has 0 saturated heterocycles. The normalized spacial score (nSPS) is 11.9. The maximum atomic E-state index is 13.2. The lowest BCUT2D eigenvalue weighted by molar-refractivity contribution is -0.143. The van der Waals surface area contributed by atoms with Crippen molar-refractivity contribution in [1.82, 2.24) is 0 Å². The Kier molecular flexibility index (Phi) is 4.52. The molecule has 0 aliphatic heterocycles. The van der Waals surface area contributed by atoms with Crippen LogP contribution >= 0.6 is 0 Å². The first-order chi connectivity index (χ1) is 13.1. The number of hydrogen-bond acceptors (Lipinski definition) is 2. The number of nitriles is 2. The zero-order valence-corrected chi connectivity index (χ0v) is 13.8. The second-order valence-corrected chi connectivity index (χ2v) is 5.91. The van der Waals surface area contributed by atoms with Crippen LogP contribution in [-0.4, -0.2) is 0 Å². The minimum absolute atomic E-state index is 0.0197. The highest BCUT2D eigenvalue weighted by molar-refractivity contribution is 6.01. The summed E-state index contributed by atoms with van der Waals surface area (Å²) in [5.74, 6) is 0. The molecule has 0 heterocycles. The van der Waals surface area contributed by atoms with E-state index >= 15 is 0 Å². The van der Waals surface area contributed by atoms with Gasteiger partial charge in [-0.1, -0.05) is 24.3 Å². The Bertz CT molecular complexity index is 1130. The molecule has 0 aromatic heterocycles. The molecule has 0 aliphatic rings. The van der Waals surface area contributed by atoms with Gasteiger partial charge in [0.1, 0.15) is 12.1 Å². The second kappa shape index (κ2) is 6.58.